The average Bonchev–Trinajstić information content (AvgIpc) is 1.63. The van der Waals surface area contributed by atoms with Gasteiger partial charge in [-0.1, -0.05) is 36.1 Å². The van der Waals surface area contributed by atoms with Gasteiger partial charge in [-0.3, -0.25) is 0 Å². The molecule has 0 heterocycles. The highest BCUT2D eigenvalue weighted by molar-refractivity contribution is 4.49. The lowest BCUT2D eigenvalue weighted by Crippen LogP contribution is -2.22. The van der Waals surface area contributed by atoms with Gasteiger partial charge in [0.2, 0.25) is 0 Å². The Bertz CT molecular complexity index is 54.9. The van der Waals surface area contributed by atoms with Crippen LogP contribution in [0.1, 0.15) is 43.1 Å². The van der Waals surface area contributed by atoms with Gasteiger partial charge in [0, 0.05) is 12.6 Å². The van der Waals surface area contributed by atoms with E-state index in [1.165, 1.54) is 0 Å². The second-order valence-electron chi connectivity index (χ2n) is 2.91. The average molecular weight is 179 g/mol. The molecule has 0 saturated carbocycles. The summed E-state index contributed by atoms with van der Waals surface area (Å²) in [5.41, 5.74) is 5.45. The fourth-order valence-corrected chi connectivity index (χ4v) is 0.490. The minimum absolute atomic E-state index is 0. The summed E-state index contributed by atoms with van der Waals surface area (Å²) in [5, 5.41) is 0. The molecule has 0 bridgehead atoms. The number of rotatable bonds is 4. The molecule has 0 radical (unpaired) electrons. The standard InChI is InChI=1S/C7H17NO.3CH4/c1-6(2)4-9-5-7(3)8;;;/h6-7H,4-5,8H2,1-3H3;3*1H4. The smallest absolute Gasteiger partial charge is 0.0614 e. The van der Waals surface area contributed by atoms with Crippen LogP contribution in [0.25, 0.3) is 0 Å². The summed E-state index contributed by atoms with van der Waals surface area (Å²) in [4.78, 5) is 0. The Morgan fingerprint density at radius 2 is 1.42 bits per heavy atom. The van der Waals surface area contributed by atoms with Gasteiger partial charge in [-0.25, -0.2) is 0 Å². The second kappa shape index (κ2) is 13.5. The number of nitrogens with two attached hydrogens (primary N) is 1. The molecule has 0 aromatic heterocycles. The summed E-state index contributed by atoms with van der Waals surface area (Å²) in [6.07, 6.45) is 0. The maximum absolute atomic E-state index is 5.45. The fourth-order valence-electron chi connectivity index (χ4n) is 0.490. The Hall–Kier alpha value is -0.0800. The van der Waals surface area contributed by atoms with Gasteiger partial charge in [0.25, 0.3) is 0 Å². The van der Waals surface area contributed by atoms with Crippen LogP contribution >= 0.6 is 0 Å². The minimum atomic E-state index is 0. The summed E-state index contributed by atoms with van der Waals surface area (Å²) in [6.45, 7) is 7.70. The van der Waals surface area contributed by atoms with E-state index in [9.17, 15) is 0 Å². The predicted molar refractivity (Wildman–Crippen MR) is 59.5 cm³/mol. The number of hydrogen-bond acceptors (Lipinski definition) is 2. The minimum Gasteiger partial charge on any atom is -0.380 e. The molecule has 0 fully saturated rings. The van der Waals surface area contributed by atoms with Crippen LogP contribution in [-0.2, 0) is 4.74 Å². The van der Waals surface area contributed by atoms with E-state index in [0.29, 0.717) is 12.5 Å². The molecule has 0 rings (SSSR count). The third kappa shape index (κ3) is 22.5. The van der Waals surface area contributed by atoms with Crippen LogP contribution in [-0.4, -0.2) is 19.3 Å². The first-order valence-electron chi connectivity index (χ1n) is 3.46. The first-order valence-corrected chi connectivity index (χ1v) is 3.46. The van der Waals surface area contributed by atoms with Crippen LogP contribution in [0.15, 0.2) is 0 Å². The van der Waals surface area contributed by atoms with Gasteiger partial charge in [-0.15, -0.1) is 0 Å². The Morgan fingerprint density at radius 1 is 1.00 bits per heavy atom. The quantitative estimate of drug-likeness (QED) is 0.720. The van der Waals surface area contributed by atoms with E-state index in [1.54, 1.807) is 0 Å². The third-order valence-corrected chi connectivity index (χ3v) is 0.832. The van der Waals surface area contributed by atoms with E-state index in [2.05, 4.69) is 13.8 Å². The maximum atomic E-state index is 5.45. The van der Waals surface area contributed by atoms with Gasteiger partial charge in [0.15, 0.2) is 0 Å². The zero-order chi connectivity index (χ0) is 7.28. The van der Waals surface area contributed by atoms with Crippen molar-refractivity contribution in [3.63, 3.8) is 0 Å². The molecule has 1 unspecified atom stereocenters. The molecule has 0 aliphatic rings. The van der Waals surface area contributed by atoms with Crippen molar-refractivity contribution in [2.75, 3.05) is 13.2 Å². The largest absolute Gasteiger partial charge is 0.380 e. The van der Waals surface area contributed by atoms with Crippen molar-refractivity contribution >= 4 is 0 Å². The summed E-state index contributed by atoms with van der Waals surface area (Å²) in [6, 6.07) is 0.170. The van der Waals surface area contributed by atoms with Crippen molar-refractivity contribution in [2.45, 2.75) is 49.1 Å². The molecular weight excluding hydrogens is 150 g/mol. The lowest BCUT2D eigenvalue weighted by molar-refractivity contribution is 0.101. The van der Waals surface area contributed by atoms with E-state index in [4.69, 9.17) is 10.5 Å². The van der Waals surface area contributed by atoms with Crippen LogP contribution in [0.5, 0.6) is 0 Å². The van der Waals surface area contributed by atoms with Gasteiger partial charge in [-0.2, -0.15) is 0 Å². The molecule has 80 valence electrons. The first-order chi connectivity index (χ1) is 4.13. The van der Waals surface area contributed by atoms with Crippen LogP contribution in [0.2, 0.25) is 0 Å². The molecule has 12 heavy (non-hydrogen) atoms. The highest BCUT2D eigenvalue weighted by atomic mass is 16.5. The molecule has 2 heteroatoms. The van der Waals surface area contributed by atoms with Crippen LogP contribution in [0, 0.1) is 5.92 Å². The first kappa shape index (κ1) is 22.7. The highest BCUT2D eigenvalue weighted by Crippen LogP contribution is 1.92. The predicted octanol–water partition coefficient (Wildman–Crippen LogP) is 2.91. The molecule has 0 spiro atoms. The highest BCUT2D eigenvalue weighted by Gasteiger charge is 1.95. The Balaban J connectivity index is -0.000000107. The molecule has 1 atom stereocenters. The molecule has 0 amide bonds. The zero-order valence-corrected chi connectivity index (χ0v) is 6.55. The lowest BCUT2D eigenvalue weighted by atomic mass is 10.2. The Morgan fingerprint density at radius 3 is 1.67 bits per heavy atom. The molecule has 0 aromatic carbocycles. The normalized spacial score (nSPS) is 10.8. The van der Waals surface area contributed by atoms with E-state index in [0.717, 1.165) is 6.61 Å². The molecule has 0 aromatic rings. The molecule has 2 nitrogen and oxygen atoms in total. The Labute approximate surface area is 79.5 Å². The summed E-state index contributed by atoms with van der Waals surface area (Å²) >= 11 is 0. The SMILES string of the molecule is C.C.C.CC(C)COCC(C)N. The van der Waals surface area contributed by atoms with Gasteiger partial charge >= 0.3 is 0 Å². The molecule has 0 saturated heterocycles. The number of hydrogen-bond donors (Lipinski definition) is 1. The van der Waals surface area contributed by atoms with E-state index in [1.807, 2.05) is 6.92 Å². The van der Waals surface area contributed by atoms with E-state index < -0.39 is 0 Å². The zero-order valence-electron chi connectivity index (χ0n) is 6.55. The third-order valence-electron chi connectivity index (χ3n) is 0.832. The van der Waals surface area contributed by atoms with Crippen LogP contribution in [0.4, 0.5) is 0 Å². The second-order valence-corrected chi connectivity index (χ2v) is 2.91. The van der Waals surface area contributed by atoms with Crippen molar-refractivity contribution in [1.82, 2.24) is 0 Å². The molecular formula is C10H29NO. The lowest BCUT2D eigenvalue weighted by Gasteiger charge is -2.08. The van der Waals surface area contributed by atoms with Crippen molar-refractivity contribution in [1.29, 1.82) is 0 Å². The molecule has 0 aliphatic carbocycles. The van der Waals surface area contributed by atoms with Gasteiger partial charge < -0.3 is 10.5 Å². The summed E-state index contributed by atoms with van der Waals surface area (Å²) < 4.78 is 5.23. The van der Waals surface area contributed by atoms with Gasteiger partial charge in [-0.05, 0) is 12.8 Å². The monoisotopic (exact) mass is 179 g/mol. The van der Waals surface area contributed by atoms with Crippen molar-refractivity contribution in [3.05, 3.63) is 0 Å². The van der Waals surface area contributed by atoms with Crippen molar-refractivity contribution < 1.29 is 4.74 Å². The van der Waals surface area contributed by atoms with E-state index in [-0.39, 0.29) is 28.3 Å². The Kier molecular flexibility index (Phi) is 25.5. The fraction of sp³-hybridized carbons (Fsp3) is 1.00. The summed E-state index contributed by atoms with van der Waals surface area (Å²) in [7, 11) is 0. The van der Waals surface area contributed by atoms with E-state index >= 15 is 0 Å². The summed E-state index contributed by atoms with van der Waals surface area (Å²) in [5.74, 6) is 0.615. The molecule has 0 aliphatic heterocycles. The van der Waals surface area contributed by atoms with Gasteiger partial charge in [0.1, 0.15) is 0 Å². The topological polar surface area (TPSA) is 35.2 Å². The van der Waals surface area contributed by atoms with Crippen LogP contribution < -0.4 is 5.73 Å². The number of ether oxygens (including phenoxy) is 1. The van der Waals surface area contributed by atoms with Crippen molar-refractivity contribution in [3.8, 4) is 0 Å². The van der Waals surface area contributed by atoms with Gasteiger partial charge in [0.05, 0.1) is 6.61 Å². The van der Waals surface area contributed by atoms with Crippen LogP contribution in [0.3, 0.4) is 0 Å². The van der Waals surface area contributed by atoms with Crippen molar-refractivity contribution in [2.24, 2.45) is 11.7 Å². The molecule has 2 N–H and O–H groups in total. The maximum Gasteiger partial charge on any atom is 0.0614 e.